The quantitative estimate of drug-likeness (QED) is 0.651. The fourth-order valence-corrected chi connectivity index (χ4v) is 5.94. The zero-order valence-electron chi connectivity index (χ0n) is 16.0. The molecule has 6 rings (SSSR count). The third-order valence-corrected chi connectivity index (χ3v) is 7.13. The molecule has 4 nitrogen and oxygen atoms in total. The van der Waals surface area contributed by atoms with Crippen LogP contribution in [0.1, 0.15) is 54.9 Å². The maximum atomic E-state index is 5.78. The van der Waals surface area contributed by atoms with E-state index in [1.165, 1.54) is 48.2 Å². The minimum absolute atomic E-state index is 0.188. The number of hydrogen-bond donors (Lipinski definition) is 0. The van der Waals surface area contributed by atoms with Gasteiger partial charge in [0.15, 0.2) is 5.76 Å². The van der Waals surface area contributed by atoms with Gasteiger partial charge in [0, 0.05) is 29.1 Å². The molecular weight excluding hydrogens is 334 g/mol. The number of aromatic nitrogens is 2. The zero-order chi connectivity index (χ0) is 18.2. The van der Waals surface area contributed by atoms with Crippen molar-refractivity contribution in [3.05, 3.63) is 59.1 Å². The summed E-state index contributed by atoms with van der Waals surface area (Å²) in [5.74, 6) is 0.894. The van der Waals surface area contributed by atoms with E-state index in [0.717, 1.165) is 24.3 Å². The second-order valence-corrected chi connectivity index (χ2v) is 8.46. The predicted octanol–water partition coefficient (Wildman–Crippen LogP) is 4.93. The van der Waals surface area contributed by atoms with Crippen LogP contribution in [0.25, 0.3) is 16.6 Å². The Labute approximate surface area is 159 Å². The standard InChI is InChI=1S/C23H25N3O/c1-3-23-10-6-11-25-12-9-17-16-7-4-5-8-18(16)26(21(17)22(23)25)19(14-23)20-13-15(2)24-27-20/h4-5,7-8,13-14,22H,3,6,9-12H2,1-2H3/t22-,23+/m1/s1. The number of rotatable bonds is 2. The Morgan fingerprint density at radius 3 is 2.96 bits per heavy atom. The molecule has 5 heterocycles. The lowest BCUT2D eigenvalue weighted by Gasteiger charge is -2.53. The highest BCUT2D eigenvalue weighted by Crippen LogP contribution is 2.57. The van der Waals surface area contributed by atoms with E-state index in [0.29, 0.717) is 6.04 Å². The molecule has 0 N–H and O–H groups in total. The van der Waals surface area contributed by atoms with Crippen LogP contribution >= 0.6 is 0 Å². The van der Waals surface area contributed by atoms with Crippen molar-refractivity contribution in [2.45, 2.75) is 45.6 Å². The molecule has 138 valence electrons. The van der Waals surface area contributed by atoms with Crippen LogP contribution in [0.4, 0.5) is 0 Å². The number of fused-ring (bicyclic) bond motifs is 3. The summed E-state index contributed by atoms with van der Waals surface area (Å²) >= 11 is 0. The normalized spacial score (nSPS) is 26.9. The van der Waals surface area contributed by atoms with Gasteiger partial charge in [-0.3, -0.25) is 4.90 Å². The van der Waals surface area contributed by atoms with Crippen LogP contribution < -0.4 is 0 Å². The topological polar surface area (TPSA) is 34.2 Å². The monoisotopic (exact) mass is 359 g/mol. The maximum Gasteiger partial charge on any atom is 0.183 e. The van der Waals surface area contributed by atoms with E-state index in [4.69, 9.17) is 4.52 Å². The molecule has 3 aliphatic rings. The Morgan fingerprint density at radius 1 is 1.26 bits per heavy atom. The van der Waals surface area contributed by atoms with Gasteiger partial charge in [0.05, 0.1) is 22.9 Å². The van der Waals surface area contributed by atoms with Gasteiger partial charge in [-0.1, -0.05) is 30.3 Å². The lowest BCUT2D eigenvalue weighted by atomic mass is 9.66. The van der Waals surface area contributed by atoms with E-state index >= 15 is 0 Å². The van der Waals surface area contributed by atoms with Gasteiger partial charge in [-0.15, -0.1) is 0 Å². The van der Waals surface area contributed by atoms with Crippen LogP contribution in [-0.2, 0) is 6.42 Å². The van der Waals surface area contributed by atoms with Gasteiger partial charge in [-0.25, -0.2) is 0 Å². The average Bonchev–Trinajstić information content (AvgIpc) is 3.28. The number of benzene rings is 1. The van der Waals surface area contributed by atoms with Crippen molar-refractivity contribution in [2.75, 3.05) is 13.1 Å². The summed E-state index contributed by atoms with van der Waals surface area (Å²) < 4.78 is 8.27. The van der Waals surface area contributed by atoms with Crippen LogP contribution in [0, 0.1) is 12.3 Å². The van der Waals surface area contributed by atoms with Crippen LogP contribution in [0.3, 0.4) is 0 Å². The number of aryl methyl sites for hydroxylation is 1. The highest BCUT2D eigenvalue weighted by Gasteiger charge is 2.50. The molecule has 1 aromatic carbocycles. The molecule has 2 aromatic heterocycles. The molecule has 4 heteroatoms. The van der Waals surface area contributed by atoms with E-state index in [-0.39, 0.29) is 5.41 Å². The molecule has 1 saturated heterocycles. The summed E-state index contributed by atoms with van der Waals surface area (Å²) in [5.41, 5.74) is 6.68. The van der Waals surface area contributed by atoms with Crippen LogP contribution in [0.15, 0.2) is 40.9 Å². The van der Waals surface area contributed by atoms with E-state index < -0.39 is 0 Å². The van der Waals surface area contributed by atoms with Crippen molar-refractivity contribution in [1.29, 1.82) is 0 Å². The summed E-state index contributed by atoms with van der Waals surface area (Å²) in [6.45, 7) is 6.76. The van der Waals surface area contributed by atoms with Gasteiger partial charge in [-0.2, -0.15) is 0 Å². The number of nitrogens with zero attached hydrogens (tertiary/aromatic N) is 3. The van der Waals surface area contributed by atoms with E-state index in [2.05, 4.69) is 58.0 Å². The summed E-state index contributed by atoms with van der Waals surface area (Å²) in [6, 6.07) is 11.5. The van der Waals surface area contributed by atoms with E-state index in [9.17, 15) is 0 Å². The molecule has 0 bridgehead atoms. The van der Waals surface area contributed by atoms with Crippen LogP contribution in [-0.4, -0.2) is 27.7 Å². The Balaban J connectivity index is 1.73. The van der Waals surface area contributed by atoms with Gasteiger partial charge >= 0.3 is 0 Å². The molecule has 0 spiro atoms. The largest absolute Gasteiger partial charge is 0.354 e. The first kappa shape index (κ1) is 15.7. The van der Waals surface area contributed by atoms with Crippen molar-refractivity contribution in [3.63, 3.8) is 0 Å². The number of piperidine rings is 1. The van der Waals surface area contributed by atoms with E-state index in [1.54, 1.807) is 5.56 Å². The Kier molecular flexibility index (Phi) is 3.11. The van der Waals surface area contributed by atoms with Crippen molar-refractivity contribution in [1.82, 2.24) is 14.6 Å². The van der Waals surface area contributed by atoms with Gasteiger partial charge in [0.2, 0.25) is 0 Å². The molecule has 0 radical (unpaired) electrons. The summed E-state index contributed by atoms with van der Waals surface area (Å²) in [6.07, 6.45) is 7.35. The van der Waals surface area contributed by atoms with Crippen LogP contribution in [0.2, 0.25) is 0 Å². The summed E-state index contributed by atoms with van der Waals surface area (Å²) in [7, 11) is 0. The lowest BCUT2D eigenvalue weighted by molar-refractivity contribution is 0.0269. The van der Waals surface area contributed by atoms with E-state index in [1.807, 2.05) is 6.92 Å². The second-order valence-electron chi connectivity index (χ2n) is 8.46. The molecule has 3 aliphatic heterocycles. The molecule has 2 atom stereocenters. The first-order valence-electron chi connectivity index (χ1n) is 10.2. The van der Waals surface area contributed by atoms with Gasteiger partial charge in [0.25, 0.3) is 0 Å². The minimum Gasteiger partial charge on any atom is -0.354 e. The molecule has 1 fully saturated rings. The molecule has 3 aromatic rings. The summed E-state index contributed by atoms with van der Waals surface area (Å²) in [5, 5.41) is 5.60. The fraction of sp³-hybridized carbons (Fsp3) is 0.435. The van der Waals surface area contributed by atoms with Crippen molar-refractivity contribution < 1.29 is 4.52 Å². The number of para-hydroxylation sites is 1. The van der Waals surface area contributed by atoms with Crippen molar-refractivity contribution >= 4 is 16.6 Å². The maximum absolute atomic E-state index is 5.78. The molecular formula is C23H25N3O. The molecule has 0 aliphatic carbocycles. The van der Waals surface area contributed by atoms with Crippen molar-refractivity contribution in [3.8, 4) is 0 Å². The predicted molar refractivity (Wildman–Crippen MR) is 107 cm³/mol. The number of hydrogen-bond acceptors (Lipinski definition) is 3. The third-order valence-electron chi connectivity index (χ3n) is 7.13. The molecule has 0 amide bonds. The first-order chi connectivity index (χ1) is 13.2. The SMILES string of the molecule is CC[C@@]12C=C(c3cc(C)no3)n3c4c(c5ccccc53)CCN(CCC1)[C@H]42. The van der Waals surface area contributed by atoms with Crippen molar-refractivity contribution in [2.24, 2.45) is 5.41 Å². The second kappa shape index (κ2) is 5.35. The van der Waals surface area contributed by atoms with Gasteiger partial charge in [0.1, 0.15) is 0 Å². The lowest BCUT2D eigenvalue weighted by Crippen LogP contribution is -2.50. The fourth-order valence-electron chi connectivity index (χ4n) is 5.94. The summed E-state index contributed by atoms with van der Waals surface area (Å²) in [4.78, 5) is 2.74. The molecule has 0 unspecified atom stereocenters. The minimum atomic E-state index is 0.188. The Morgan fingerprint density at radius 2 is 2.15 bits per heavy atom. The smallest absolute Gasteiger partial charge is 0.183 e. The Hall–Kier alpha value is -2.33. The zero-order valence-corrected chi connectivity index (χ0v) is 16.0. The Bertz CT molecular complexity index is 1090. The third kappa shape index (κ3) is 1.94. The van der Waals surface area contributed by atoms with Gasteiger partial charge < -0.3 is 9.09 Å². The molecule has 0 saturated carbocycles. The van der Waals surface area contributed by atoms with Gasteiger partial charge in [-0.05, 0) is 56.9 Å². The first-order valence-corrected chi connectivity index (χ1v) is 10.2. The molecule has 27 heavy (non-hydrogen) atoms. The highest BCUT2D eigenvalue weighted by atomic mass is 16.5. The van der Waals surface area contributed by atoms with Crippen LogP contribution in [0.5, 0.6) is 0 Å². The highest BCUT2D eigenvalue weighted by molar-refractivity contribution is 5.91. The average molecular weight is 359 g/mol.